The summed E-state index contributed by atoms with van der Waals surface area (Å²) in [5, 5.41) is 0. The van der Waals surface area contributed by atoms with Crippen LogP contribution in [0.25, 0.3) is 33.5 Å². The number of hydrogen-bond acceptors (Lipinski definition) is 5. The van der Waals surface area contributed by atoms with Crippen molar-refractivity contribution in [2.24, 2.45) is 0 Å². The van der Waals surface area contributed by atoms with Crippen molar-refractivity contribution in [3.63, 3.8) is 0 Å². The molecular formula is C30H24N4O3. The summed E-state index contributed by atoms with van der Waals surface area (Å²) in [6.45, 7) is 1.82. The number of rotatable bonds is 4. The van der Waals surface area contributed by atoms with Gasteiger partial charge in [0.1, 0.15) is 0 Å². The predicted octanol–water partition coefficient (Wildman–Crippen LogP) is 5.16. The van der Waals surface area contributed by atoms with E-state index in [0.717, 1.165) is 28.0 Å². The number of hydrogen-bond donors (Lipinski definition) is 0. The van der Waals surface area contributed by atoms with Crippen LogP contribution in [0.2, 0.25) is 0 Å². The van der Waals surface area contributed by atoms with E-state index in [1.54, 1.807) is 28.0 Å². The fourth-order valence-corrected chi connectivity index (χ4v) is 4.63. The summed E-state index contributed by atoms with van der Waals surface area (Å²) in [5.41, 5.74) is 5.46. The zero-order valence-corrected chi connectivity index (χ0v) is 20.1. The molecule has 0 unspecified atom stereocenters. The maximum atomic E-state index is 13.3. The first-order chi connectivity index (χ1) is 18.2. The molecule has 2 amide bonds. The Labute approximate surface area is 214 Å². The molecule has 1 aliphatic heterocycles. The van der Waals surface area contributed by atoms with Crippen molar-refractivity contribution in [3.05, 3.63) is 109 Å². The molecule has 1 fully saturated rings. The molecule has 0 spiro atoms. The van der Waals surface area contributed by atoms with E-state index in [2.05, 4.69) is 0 Å². The Balaban J connectivity index is 1.29. The minimum Gasteiger partial charge on any atom is -0.459 e. The van der Waals surface area contributed by atoms with Crippen molar-refractivity contribution >= 4 is 22.8 Å². The first-order valence-corrected chi connectivity index (χ1v) is 12.2. The molecule has 6 rings (SSSR count). The van der Waals surface area contributed by atoms with Gasteiger partial charge in [-0.05, 0) is 30.3 Å². The molecule has 3 heterocycles. The molecule has 0 aliphatic carbocycles. The van der Waals surface area contributed by atoms with Gasteiger partial charge in [-0.2, -0.15) is 0 Å². The normalized spacial score (nSPS) is 13.6. The lowest BCUT2D eigenvalue weighted by Gasteiger charge is -2.34. The van der Waals surface area contributed by atoms with Crippen molar-refractivity contribution in [2.45, 2.75) is 0 Å². The highest BCUT2D eigenvalue weighted by Gasteiger charge is 2.27. The largest absolute Gasteiger partial charge is 0.459 e. The molecule has 0 N–H and O–H groups in total. The zero-order valence-electron chi connectivity index (χ0n) is 20.1. The molecular weight excluding hydrogens is 464 g/mol. The number of fused-ring (bicyclic) bond motifs is 1. The van der Waals surface area contributed by atoms with Crippen LogP contribution in [-0.2, 0) is 0 Å². The summed E-state index contributed by atoms with van der Waals surface area (Å²) < 4.78 is 5.23. The van der Waals surface area contributed by atoms with Crippen molar-refractivity contribution in [1.29, 1.82) is 0 Å². The topological polar surface area (TPSA) is 79.5 Å². The molecule has 182 valence electrons. The fraction of sp³-hybridized carbons (Fsp3) is 0.133. The van der Waals surface area contributed by atoms with Crippen LogP contribution in [0, 0.1) is 0 Å². The maximum Gasteiger partial charge on any atom is 0.289 e. The molecule has 0 atom stereocenters. The second-order valence-electron chi connectivity index (χ2n) is 8.92. The molecule has 1 saturated heterocycles. The number of benzene rings is 3. The van der Waals surface area contributed by atoms with E-state index in [1.807, 2.05) is 72.8 Å². The molecule has 0 radical (unpaired) electrons. The molecule has 7 heteroatoms. The summed E-state index contributed by atoms with van der Waals surface area (Å²) in [6.07, 6.45) is 1.49. The SMILES string of the molecule is O=C(c1ccc2nc(-c3ccccc3)c(-c3ccccc3)nc2c1)N1CCN(C(=O)c2ccco2)CC1. The van der Waals surface area contributed by atoms with E-state index in [1.165, 1.54) is 6.26 Å². The van der Waals surface area contributed by atoms with Gasteiger partial charge in [-0.25, -0.2) is 9.97 Å². The van der Waals surface area contributed by atoms with Gasteiger partial charge in [0, 0.05) is 42.9 Å². The number of amides is 2. The van der Waals surface area contributed by atoms with Crippen molar-refractivity contribution in [1.82, 2.24) is 19.8 Å². The molecule has 3 aromatic carbocycles. The van der Waals surface area contributed by atoms with Crippen LogP contribution in [0.5, 0.6) is 0 Å². The summed E-state index contributed by atoms with van der Waals surface area (Å²) in [4.78, 5) is 39.3. The number of nitrogens with zero attached hydrogens (tertiary/aromatic N) is 4. The lowest BCUT2D eigenvalue weighted by Crippen LogP contribution is -2.50. The zero-order chi connectivity index (χ0) is 25.2. The Kier molecular flexibility index (Phi) is 5.94. The predicted molar refractivity (Wildman–Crippen MR) is 141 cm³/mol. The molecule has 2 aromatic heterocycles. The van der Waals surface area contributed by atoms with Gasteiger partial charge in [0.15, 0.2) is 5.76 Å². The summed E-state index contributed by atoms with van der Waals surface area (Å²) >= 11 is 0. The maximum absolute atomic E-state index is 13.3. The summed E-state index contributed by atoms with van der Waals surface area (Å²) in [6, 6.07) is 28.8. The Bertz CT molecular complexity index is 1560. The highest BCUT2D eigenvalue weighted by atomic mass is 16.3. The van der Waals surface area contributed by atoms with E-state index in [4.69, 9.17) is 14.4 Å². The summed E-state index contributed by atoms with van der Waals surface area (Å²) in [7, 11) is 0. The van der Waals surface area contributed by atoms with Gasteiger partial charge in [0.2, 0.25) is 0 Å². The van der Waals surface area contributed by atoms with E-state index >= 15 is 0 Å². The molecule has 7 nitrogen and oxygen atoms in total. The number of piperazine rings is 1. The minimum atomic E-state index is -0.152. The Morgan fingerprint density at radius 1 is 0.622 bits per heavy atom. The molecule has 0 bridgehead atoms. The van der Waals surface area contributed by atoms with Crippen LogP contribution in [-0.4, -0.2) is 57.8 Å². The quantitative estimate of drug-likeness (QED) is 0.349. The van der Waals surface area contributed by atoms with Gasteiger partial charge in [0.25, 0.3) is 11.8 Å². The lowest BCUT2D eigenvalue weighted by atomic mass is 10.0. The van der Waals surface area contributed by atoms with E-state index < -0.39 is 0 Å². The van der Waals surface area contributed by atoms with E-state index in [-0.39, 0.29) is 11.8 Å². The van der Waals surface area contributed by atoms with Gasteiger partial charge < -0.3 is 14.2 Å². The second kappa shape index (κ2) is 9.70. The van der Waals surface area contributed by atoms with Gasteiger partial charge in [0.05, 0.1) is 28.7 Å². The first kappa shape index (κ1) is 22.7. The van der Waals surface area contributed by atoms with Crippen LogP contribution in [0.3, 0.4) is 0 Å². The average Bonchev–Trinajstić information content (AvgIpc) is 3.52. The Morgan fingerprint density at radius 3 is 1.76 bits per heavy atom. The highest BCUT2D eigenvalue weighted by Crippen LogP contribution is 2.31. The number of aromatic nitrogens is 2. The number of furan rings is 1. The third-order valence-corrected chi connectivity index (χ3v) is 6.59. The van der Waals surface area contributed by atoms with Crippen LogP contribution in [0.15, 0.2) is 102 Å². The summed E-state index contributed by atoms with van der Waals surface area (Å²) in [5.74, 6) is 0.0832. The van der Waals surface area contributed by atoms with Crippen molar-refractivity contribution < 1.29 is 14.0 Å². The Morgan fingerprint density at radius 2 is 1.19 bits per heavy atom. The van der Waals surface area contributed by atoms with Crippen LogP contribution >= 0.6 is 0 Å². The van der Waals surface area contributed by atoms with Crippen LogP contribution in [0.1, 0.15) is 20.9 Å². The Hall–Kier alpha value is -4.78. The third-order valence-electron chi connectivity index (χ3n) is 6.59. The van der Waals surface area contributed by atoms with Crippen LogP contribution in [0.4, 0.5) is 0 Å². The molecule has 5 aromatic rings. The van der Waals surface area contributed by atoms with Gasteiger partial charge in [-0.1, -0.05) is 60.7 Å². The van der Waals surface area contributed by atoms with E-state index in [9.17, 15) is 9.59 Å². The first-order valence-electron chi connectivity index (χ1n) is 12.2. The minimum absolute atomic E-state index is 0.0813. The fourth-order valence-electron chi connectivity index (χ4n) is 4.63. The molecule has 1 aliphatic rings. The average molecular weight is 489 g/mol. The van der Waals surface area contributed by atoms with E-state index in [0.29, 0.717) is 43.0 Å². The lowest BCUT2D eigenvalue weighted by molar-refractivity contribution is 0.0518. The van der Waals surface area contributed by atoms with Gasteiger partial charge >= 0.3 is 0 Å². The number of carbonyl (C=O) groups excluding carboxylic acids is 2. The molecule has 0 saturated carbocycles. The van der Waals surface area contributed by atoms with Crippen molar-refractivity contribution in [2.75, 3.05) is 26.2 Å². The van der Waals surface area contributed by atoms with Gasteiger partial charge in [-0.3, -0.25) is 9.59 Å². The standard InChI is InChI=1S/C30H24N4O3/c35-29(33-15-17-34(18-16-33)30(36)26-12-7-19-37-26)23-13-14-24-25(20-23)32-28(22-10-5-2-6-11-22)27(31-24)21-8-3-1-4-9-21/h1-14,19-20H,15-18H2. The van der Waals surface area contributed by atoms with Crippen LogP contribution < -0.4 is 0 Å². The second-order valence-corrected chi connectivity index (χ2v) is 8.92. The van der Waals surface area contributed by atoms with Gasteiger partial charge in [-0.15, -0.1) is 0 Å². The monoisotopic (exact) mass is 488 g/mol. The highest BCUT2D eigenvalue weighted by molar-refractivity contribution is 5.98. The smallest absolute Gasteiger partial charge is 0.289 e. The third kappa shape index (κ3) is 4.47. The van der Waals surface area contributed by atoms with Crippen molar-refractivity contribution in [3.8, 4) is 22.5 Å². The molecule has 37 heavy (non-hydrogen) atoms. The number of carbonyl (C=O) groups is 2.